The smallest absolute Gasteiger partial charge is 0.255 e. The maximum Gasteiger partial charge on any atom is 0.255 e. The van der Waals surface area contributed by atoms with Crippen LogP contribution >= 0.6 is 0 Å². The van der Waals surface area contributed by atoms with E-state index in [0.29, 0.717) is 50.6 Å². The molecule has 2 aromatic rings. The fourth-order valence-corrected chi connectivity index (χ4v) is 2.88. The number of carbonyl (C=O) groups is 2. The van der Waals surface area contributed by atoms with Crippen molar-refractivity contribution in [1.82, 2.24) is 4.90 Å². The van der Waals surface area contributed by atoms with E-state index < -0.39 is 0 Å². The molecule has 0 bridgehead atoms. The number of benzene rings is 2. The van der Waals surface area contributed by atoms with Gasteiger partial charge in [-0.25, -0.2) is 0 Å². The first-order chi connectivity index (χ1) is 13.2. The lowest BCUT2D eigenvalue weighted by atomic mass is 10.1. The number of morpholine rings is 1. The molecule has 2 aromatic carbocycles. The topological polar surface area (TPSA) is 67.9 Å². The van der Waals surface area contributed by atoms with Gasteiger partial charge in [-0.3, -0.25) is 9.59 Å². The summed E-state index contributed by atoms with van der Waals surface area (Å²) in [5.74, 6) is 0.656. The van der Waals surface area contributed by atoms with Gasteiger partial charge in [0.25, 0.3) is 5.91 Å². The molecule has 0 radical (unpaired) electrons. The molecule has 0 saturated carbocycles. The van der Waals surface area contributed by atoms with Crippen molar-refractivity contribution in [3.63, 3.8) is 0 Å². The minimum atomic E-state index is -0.185. The highest BCUT2D eigenvalue weighted by atomic mass is 16.5. The number of anilines is 1. The van der Waals surface area contributed by atoms with Crippen LogP contribution in [-0.4, -0.2) is 49.6 Å². The zero-order chi connectivity index (χ0) is 19.1. The third-order valence-corrected chi connectivity index (χ3v) is 4.36. The van der Waals surface area contributed by atoms with Gasteiger partial charge >= 0.3 is 0 Å². The summed E-state index contributed by atoms with van der Waals surface area (Å²) in [5, 5.41) is 2.86. The molecule has 6 nitrogen and oxygen atoms in total. The van der Waals surface area contributed by atoms with E-state index in [4.69, 9.17) is 9.47 Å². The molecule has 0 atom stereocenters. The Morgan fingerprint density at radius 1 is 1.04 bits per heavy atom. The van der Waals surface area contributed by atoms with Crippen molar-refractivity contribution in [3.05, 3.63) is 59.7 Å². The molecule has 0 aliphatic carbocycles. The van der Waals surface area contributed by atoms with Gasteiger partial charge in [0.1, 0.15) is 5.75 Å². The first-order valence-corrected chi connectivity index (χ1v) is 9.14. The molecule has 0 spiro atoms. The Hall–Kier alpha value is -2.86. The maximum atomic E-state index is 12.3. The van der Waals surface area contributed by atoms with Crippen LogP contribution in [-0.2, 0) is 16.0 Å². The Bertz CT molecular complexity index is 766. The maximum absolute atomic E-state index is 12.3. The summed E-state index contributed by atoms with van der Waals surface area (Å²) in [5.41, 5.74) is 2.17. The van der Waals surface area contributed by atoms with Gasteiger partial charge < -0.3 is 19.7 Å². The Balaban J connectivity index is 1.55. The number of ether oxygens (including phenoxy) is 2. The van der Waals surface area contributed by atoms with E-state index in [1.165, 1.54) is 0 Å². The number of rotatable bonds is 6. The molecule has 1 N–H and O–H groups in total. The summed E-state index contributed by atoms with van der Waals surface area (Å²) in [6.07, 6.45) is 0.354. The molecule has 1 fully saturated rings. The molecular weight excluding hydrogens is 344 g/mol. The number of nitrogens with zero attached hydrogens (tertiary/aromatic N) is 1. The second kappa shape index (κ2) is 9.19. The molecule has 6 heteroatoms. The lowest BCUT2D eigenvalue weighted by Gasteiger charge is -2.26. The molecule has 0 unspecified atom stereocenters. The number of amides is 2. The molecule has 3 rings (SSSR count). The van der Waals surface area contributed by atoms with Crippen LogP contribution in [0.4, 0.5) is 5.69 Å². The Morgan fingerprint density at radius 2 is 1.70 bits per heavy atom. The first kappa shape index (κ1) is 18.9. The van der Waals surface area contributed by atoms with E-state index in [-0.39, 0.29) is 11.8 Å². The zero-order valence-electron chi connectivity index (χ0n) is 15.4. The van der Waals surface area contributed by atoms with Crippen LogP contribution in [0.1, 0.15) is 22.8 Å². The van der Waals surface area contributed by atoms with Gasteiger partial charge in [0.15, 0.2) is 0 Å². The predicted octanol–water partition coefficient (Wildman–Crippen LogP) is 2.74. The summed E-state index contributed by atoms with van der Waals surface area (Å²) in [4.78, 5) is 26.4. The quantitative estimate of drug-likeness (QED) is 0.851. The van der Waals surface area contributed by atoms with Crippen LogP contribution in [0.3, 0.4) is 0 Å². The SMILES string of the molecule is CCOc1ccc(C(=O)Nc2ccc(CC(=O)N3CCOCC3)cc2)cc1. The van der Waals surface area contributed by atoms with Crippen molar-refractivity contribution in [1.29, 1.82) is 0 Å². The third kappa shape index (κ3) is 5.31. The van der Waals surface area contributed by atoms with Gasteiger partial charge in [-0.05, 0) is 48.9 Å². The fourth-order valence-electron chi connectivity index (χ4n) is 2.88. The Kier molecular flexibility index (Phi) is 6.44. The van der Waals surface area contributed by atoms with Crippen molar-refractivity contribution >= 4 is 17.5 Å². The Labute approximate surface area is 159 Å². The molecule has 1 heterocycles. The van der Waals surface area contributed by atoms with E-state index >= 15 is 0 Å². The summed E-state index contributed by atoms with van der Waals surface area (Å²) < 4.78 is 10.6. The van der Waals surface area contributed by atoms with E-state index in [2.05, 4.69) is 5.32 Å². The first-order valence-electron chi connectivity index (χ1n) is 9.14. The molecule has 0 aromatic heterocycles. The fraction of sp³-hybridized carbons (Fsp3) is 0.333. The van der Waals surface area contributed by atoms with Gasteiger partial charge in [-0.1, -0.05) is 12.1 Å². The Morgan fingerprint density at radius 3 is 2.33 bits per heavy atom. The number of nitrogens with one attached hydrogen (secondary N) is 1. The van der Waals surface area contributed by atoms with Crippen molar-refractivity contribution in [3.8, 4) is 5.75 Å². The minimum Gasteiger partial charge on any atom is -0.494 e. The van der Waals surface area contributed by atoms with E-state index in [1.54, 1.807) is 24.3 Å². The zero-order valence-corrected chi connectivity index (χ0v) is 15.4. The highest BCUT2D eigenvalue weighted by molar-refractivity contribution is 6.04. The van der Waals surface area contributed by atoms with Gasteiger partial charge in [0.2, 0.25) is 5.91 Å². The molecule has 142 valence electrons. The summed E-state index contributed by atoms with van der Waals surface area (Å²) in [6.45, 7) is 5.00. The van der Waals surface area contributed by atoms with Crippen LogP contribution in [0.25, 0.3) is 0 Å². The van der Waals surface area contributed by atoms with Gasteiger partial charge in [0.05, 0.1) is 26.2 Å². The molecule has 1 saturated heterocycles. The predicted molar refractivity (Wildman–Crippen MR) is 103 cm³/mol. The highest BCUT2D eigenvalue weighted by Gasteiger charge is 2.17. The molecule has 1 aliphatic heterocycles. The summed E-state index contributed by atoms with van der Waals surface area (Å²) in [7, 11) is 0. The number of hydrogen-bond acceptors (Lipinski definition) is 4. The lowest BCUT2D eigenvalue weighted by molar-refractivity contribution is -0.134. The average Bonchev–Trinajstić information content (AvgIpc) is 2.71. The third-order valence-electron chi connectivity index (χ3n) is 4.36. The minimum absolute atomic E-state index is 0.101. The second-order valence-corrected chi connectivity index (χ2v) is 6.28. The van der Waals surface area contributed by atoms with Gasteiger partial charge in [0, 0.05) is 24.3 Å². The normalized spacial score (nSPS) is 13.9. The van der Waals surface area contributed by atoms with E-state index in [1.807, 2.05) is 36.1 Å². The van der Waals surface area contributed by atoms with Gasteiger partial charge in [-0.15, -0.1) is 0 Å². The number of carbonyl (C=O) groups excluding carboxylic acids is 2. The standard InChI is InChI=1S/C21H24N2O4/c1-2-27-19-9-5-17(6-10-19)21(25)22-18-7-3-16(4-8-18)15-20(24)23-11-13-26-14-12-23/h3-10H,2,11-15H2,1H3,(H,22,25). The average molecular weight is 368 g/mol. The molecule has 2 amide bonds. The highest BCUT2D eigenvalue weighted by Crippen LogP contribution is 2.15. The summed E-state index contributed by atoms with van der Waals surface area (Å²) in [6, 6.07) is 14.4. The van der Waals surface area contributed by atoms with Crippen molar-refractivity contribution in [2.75, 3.05) is 38.2 Å². The van der Waals surface area contributed by atoms with E-state index in [0.717, 1.165) is 11.3 Å². The van der Waals surface area contributed by atoms with Crippen LogP contribution in [0.15, 0.2) is 48.5 Å². The monoisotopic (exact) mass is 368 g/mol. The molecular formula is C21H24N2O4. The van der Waals surface area contributed by atoms with Crippen molar-refractivity contribution in [2.45, 2.75) is 13.3 Å². The van der Waals surface area contributed by atoms with Crippen molar-refractivity contribution < 1.29 is 19.1 Å². The lowest BCUT2D eigenvalue weighted by Crippen LogP contribution is -2.41. The number of hydrogen-bond donors (Lipinski definition) is 1. The van der Waals surface area contributed by atoms with Crippen LogP contribution in [0.2, 0.25) is 0 Å². The van der Waals surface area contributed by atoms with Gasteiger partial charge in [-0.2, -0.15) is 0 Å². The molecule has 27 heavy (non-hydrogen) atoms. The van der Waals surface area contributed by atoms with E-state index in [9.17, 15) is 9.59 Å². The largest absolute Gasteiger partial charge is 0.494 e. The van der Waals surface area contributed by atoms with Crippen LogP contribution in [0, 0.1) is 0 Å². The van der Waals surface area contributed by atoms with Crippen LogP contribution < -0.4 is 10.1 Å². The second-order valence-electron chi connectivity index (χ2n) is 6.28. The molecule has 1 aliphatic rings. The summed E-state index contributed by atoms with van der Waals surface area (Å²) >= 11 is 0. The van der Waals surface area contributed by atoms with Crippen LogP contribution in [0.5, 0.6) is 5.75 Å². The van der Waals surface area contributed by atoms with Crippen molar-refractivity contribution in [2.24, 2.45) is 0 Å².